The number of nitrogens with zero attached hydrogens (tertiary/aromatic N) is 2. The van der Waals surface area contributed by atoms with Crippen LogP contribution in [-0.2, 0) is 0 Å². The predicted molar refractivity (Wildman–Crippen MR) is 250 cm³/mol. The summed E-state index contributed by atoms with van der Waals surface area (Å²) in [5, 5.41) is 9.39. The summed E-state index contributed by atoms with van der Waals surface area (Å²) in [6.07, 6.45) is 6.12. The third-order valence-corrected chi connectivity index (χ3v) is 11.5. The second-order valence-electron chi connectivity index (χ2n) is 15.0. The minimum atomic E-state index is 0.883. The maximum Gasteiger partial charge on any atom is 0.136 e. The molecule has 3 heteroatoms. The van der Waals surface area contributed by atoms with Crippen LogP contribution in [0.25, 0.3) is 83.5 Å². The number of anilines is 3. The van der Waals surface area contributed by atoms with Crippen molar-refractivity contribution in [2.24, 2.45) is 0 Å². The molecular weight excluding hydrogens is 717 g/mol. The average molecular weight is 755 g/mol. The van der Waals surface area contributed by atoms with E-state index in [4.69, 9.17) is 4.42 Å². The zero-order valence-electron chi connectivity index (χ0n) is 32.3. The molecule has 2 heterocycles. The second-order valence-corrected chi connectivity index (χ2v) is 15.0. The lowest BCUT2D eigenvalue weighted by atomic mass is 9.99. The lowest BCUT2D eigenvalue weighted by Gasteiger charge is -2.28. The summed E-state index contributed by atoms with van der Waals surface area (Å²) >= 11 is 0. The molecule has 0 atom stereocenters. The summed E-state index contributed by atoms with van der Waals surface area (Å²) in [6, 6.07) is 71.7. The van der Waals surface area contributed by atoms with Crippen molar-refractivity contribution in [2.45, 2.75) is 0 Å². The van der Waals surface area contributed by atoms with Gasteiger partial charge in [0.05, 0.1) is 16.7 Å². The van der Waals surface area contributed by atoms with Crippen molar-refractivity contribution < 1.29 is 4.42 Å². The number of fused-ring (bicyclic) bond motifs is 7. The first-order valence-corrected chi connectivity index (χ1v) is 20.0. The van der Waals surface area contributed by atoms with Crippen molar-refractivity contribution in [2.75, 3.05) is 4.90 Å². The van der Waals surface area contributed by atoms with Gasteiger partial charge in [-0.2, -0.15) is 0 Å². The van der Waals surface area contributed by atoms with Gasteiger partial charge < -0.3 is 13.9 Å². The maximum atomic E-state index is 6.42. The van der Waals surface area contributed by atoms with Gasteiger partial charge in [-0.25, -0.2) is 0 Å². The summed E-state index contributed by atoms with van der Waals surface area (Å²) < 4.78 is 8.78. The number of allylic oxidation sites excluding steroid dienone is 1. The number of hydrogen-bond donors (Lipinski definition) is 0. The van der Waals surface area contributed by atoms with Gasteiger partial charge in [-0.15, -0.1) is 0 Å². The van der Waals surface area contributed by atoms with E-state index < -0.39 is 0 Å². The number of furan rings is 1. The highest BCUT2D eigenvalue weighted by Gasteiger charge is 2.19. The first kappa shape index (κ1) is 34.4. The molecule has 59 heavy (non-hydrogen) atoms. The minimum absolute atomic E-state index is 0.883. The molecule has 0 saturated heterocycles. The Balaban J connectivity index is 1.07. The zero-order chi connectivity index (χ0) is 39.3. The molecule has 2 aromatic heterocycles. The van der Waals surface area contributed by atoms with Crippen LogP contribution < -0.4 is 15.3 Å². The van der Waals surface area contributed by atoms with Crippen molar-refractivity contribution >= 4 is 83.7 Å². The lowest BCUT2D eigenvalue weighted by molar-refractivity contribution is 0.669. The Bertz CT molecular complexity index is 3460. The fourth-order valence-electron chi connectivity index (χ4n) is 8.74. The van der Waals surface area contributed by atoms with Crippen LogP contribution in [0.2, 0.25) is 0 Å². The molecule has 0 radical (unpaired) electrons. The van der Waals surface area contributed by atoms with E-state index in [1.54, 1.807) is 0 Å². The molecule has 0 aliphatic heterocycles. The Labute approximate surface area is 341 Å². The van der Waals surface area contributed by atoms with Gasteiger partial charge in [-0.1, -0.05) is 140 Å². The molecule has 0 aliphatic rings. The van der Waals surface area contributed by atoms with E-state index >= 15 is 0 Å². The fourth-order valence-corrected chi connectivity index (χ4v) is 8.74. The Kier molecular flexibility index (Phi) is 8.30. The van der Waals surface area contributed by atoms with Crippen LogP contribution in [0.1, 0.15) is 5.56 Å². The Morgan fingerprint density at radius 3 is 1.80 bits per heavy atom. The number of para-hydroxylation sites is 3. The van der Waals surface area contributed by atoms with E-state index in [1.165, 1.54) is 32.6 Å². The van der Waals surface area contributed by atoms with Crippen molar-refractivity contribution in [3.63, 3.8) is 0 Å². The molecule has 278 valence electrons. The Morgan fingerprint density at radius 1 is 0.475 bits per heavy atom. The van der Waals surface area contributed by atoms with Gasteiger partial charge in [0.15, 0.2) is 0 Å². The van der Waals surface area contributed by atoms with Crippen LogP contribution in [-0.4, -0.2) is 4.57 Å². The van der Waals surface area contributed by atoms with E-state index in [9.17, 15) is 0 Å². The van der Waals surface area contributed by atoms with Crippen LogP contribution >= 0.6 is 0 Å². The van der Waals surface area contributed by atoms with Crippen LogP contribution in [0.3, 0.4) is 0 Å². The highest BCUT2D eigenvalue weighted by atomic mass is 16.3. The number of rotatable bonds is 7. The van der Waals surface area contributed by atoms with Gasteiger partial charge in [0.1, 0.15) is 11.2 Å². The highest BCUT2D eigenvalue weighted by Crippen LogP contribution is 2.43. The van der Waals surface area contributed by atoms with E-state index in [1.807, 2.05) is 12.2 Å². The molecule has 11 rings (SSSR count). The van der Waals surface area contributed by atoms with Crippen molar-refractivity contribution in [1.29, 1.82) is 0 Å². The first-order valence-electron chi connectivity index (χ1n) is 20.0. The summed E-state index contributed by atoms with van der Waals surface area (Å²) in [5.74, 6) is 0. The SMILES string of the molecule is C=C/C=c1/cccc/c1=C\c1ccc(N(c2ccc(-n3c4ccccc4c4ccccc43)cc2)c2ccccc2-c2ccc3oc4cc5ccccc5cc4c3c2)cc1. The van der Waals surface area contributed by atoms with E-state index in [0.717, 1.165) is 71.8 Å². The molecule has 0 spiro atoms. The molecule has 0 fully saturated rings. The minimum Gasteiger partial charge on any atom is -0.456 e. The van der Waals surface area contributed by atoms with E-state index in [0.29, 0.717) is 0 Å². The summed E-state index contributed by atoms with van der Waals surface area (Å²) in [5.41, 5.74) is 11.9. The normalized spacial score (nSPS) is 12.3. The molecule has 11 aromatic rings. The van der Waals surface area contributed by atoms with Gasteiger partial charge in [-0.3, -0.25) is 0 Å². The monoisotopic (exact) mass is 754 g/mol. The quantitative estimate of drug-likeness (QED) is 0.162. The van der Waals surface area contributed by atoms with Gasteiger partial charge in [0.2, 0.25) is 0 Å². The standard InChI is InChI=1S/C56H38N2O/c1-2-13-39-14-3-4-15-40(39)34-38-24-27-44(28-25-38)57(45-29-31-46(32-30-45)58-53-22-11-8-19-48(53)49-20-9-12-23-54(49)58)52-21-10-7-18-47(52)43-26-33-55-50(36-43)51-35-41-16-5-6-17-42(41)37-56(51)59-55/h2-37H,1H2/b39-13-,40-34+. The molecule has 0 aliphatic carbocycles. The van der Waals surface area contributed by atoms with Gasteiger partial charge in [-0.05, 0) is 117 Å². The predicted octanol–water partition coefficient (Wildman–Crippen LogP) is 13.8. The van der Waals surface area contributed by atoms with Crippen molar-refractivity contribution in [3.05, 3.63) is 229 Å². The molecule has 9 aromatic carbocycles. The molecule has 0 saturated carbocycles. The topological polar surface area (TPSA) is 21.3 Å². The van der Waals surface area contributed by atoms with Crippen molar-refractivity contribution in [3.8, 4) is 16.8 Å². The summed E-state index contributed by atoms with van der Waals surface area (Å²) in [6.45, 7) is 3.92. The lowest BCUT2D eigenvalue weighted by Crippen LogP contribution is -2.23. The van der Waals surface area contributed by atoms with Crippen molar-refractivity contribution in [1.82, 2.24) is 4.57 Å². The zero-order valence-corrected chi connectivity index (χ0v) is 32.3. The van der Waals surface area contributed by atoms with Gasteiger partial charge in [0, 0.05) is 44.2 Å². The first-order chi connectivity index (χ1) is 29.2. The van der Waals surface area contributed by atoms with Crippen LogP contribution in [0, 0.1) is 0 Å². The third-order valence-electron chi connectivity index (χ3n) is 11.5. The number of aromatic nitrogens is 1. The second kappa shape index (κ2) is 14.3. The van der Waals surface area contributed by atoms with Gasteiger partial charge >= 0.3 is 0 Å². The molecule has 0 unspecified atom stereocenters. The average Bonchev–Trinajstić information content (AvgIpc) is 3.82. The molecular formula is C56H38N2O. The number of benzene rings is 9. The molecule has 0 amide bonds. The number of hydrogen-bond acceptors (Lipinski definition) is 2. The van der Waals surface area contributed by atoms with Crippen LogP contribution in [0.15, 0.2) is 217 Å². The summed E-state index contributed by atoms with van der Waals surface area (Å²) in [7, 11) is 0. The largest absolute Gasteiger partial charge is 0.456 e. The third kappa shape index (κ3) is 6.00. The molecule has 3 nitrogen and oxygen atoms in total. The summed E-state index contributed by atoms with van der Waals surface area (Å²) in [4.78, 5) is 2.37. The molecule has 0 bridgehead atoms. The molecule has 0 N–H and O–H groups in total. The fraction of sp³-hybridized carbons (Fsp3) is 0. The maximum absolute atomic E-state index is 6.42. The Hall–Kier alpha value is -7.88. The Morgan fingerprint density at radius 2 is 1.07 bits per heavy atom. The van der Waals surface area contributed by atoms with Crippen LogP contribution in [0.4, 0.5) is 17.1 Å². The van der Waals surface area contributed by atoms with Gasteiger partial charge in [0.25, 0.3) is 0 Å². The van der Waals surface area contributed by atoms with Crippen LogP contribution in [0.5, 0.6) is 0 Å². The smallest absolute Gasteiger partial charge is 0.136 e. The van der Waals surface area contributed by atoms with E-state index in [2.05, 4.69) is 222 Å². The highest BCUT2D eigenvalue weighted by molar-refractivity contribution is 6.12. The van der Waals surface area contributed by atoms with E-state index in [-0.39, 0.29) is 0 Å².